The zero-order chi connectivity index (χ0) is 11.0. The predicted octanol–water partition coefficient (Wildman–Crippen LogP) is 2.10. The fraction of sp³-hybridized carbons (Fsp3) is 1.00. The van der Waals surface area contributed by atoms with Crippen LogP contribution in [0.1, 0.15) is 40.0 Å². The molecule has 2 heteroatoms. The van der Waals surface area contributed by atoms with Crippen LogP contribution in [0.2, 0.25) is 0 Å². The second-order valence-electron chi connectivity index (χ2n) is 5.60. The van der Waals surface area contributed by atoms with Gasteiger partial charge in [-0.3, -0.25) is 4.90 Å². The van der Waals surface area contributed by atoms with E-state index in [0.717, 1.165) is 30.0 Å². The highest BCUT2D eigenvalue weighted by Gasteiger charge is 2.39. The Kier molecular flexibility index (Phi) is 3.36. The summed E-state index contributed by atoms with van der Waals surface area (Å²) in [4.78, 5) is 2.75. The number of nitrogens with zero attached hydrogens (tertiary/aromatic N) is 1. The van der Waals surface area contributed by atoms with E-state index in [0.29, 0.717) is 0 Å². The highest BCUT2D eigenvalue weighted by Crippen LogP contribution is 2.38. The molecule has 2 nitrogen and oxygen atoms in total. The lowest BCUT2D eigenvalue weighted by Gasteiger charge is -2.45. The third kappa shape index (κ3) is 2.21. The maximum absolute atomic E-state index is 3.46. The van der Waals surface area contributed by atoms with Gasteiger partial charge in [0.2, 0.25) is 0 Å². The molecule has 0 bridgehead atoms. The van der Waals surface area contributed by atoms with Crippen molar-refractivity contribution in [3.8, 4) is 0 Å². The van der Waals surface area contributed by atoms with Gasteiger partial charge >= 0.3 is 0 Å². The second kappa shape index (κ2) is 4.42. The van der Waals surface area contributed by atoms with Crippen LogP contribution in [0.25, 0.3) is 0 Å². The van der Waals surface area contributed by atoms with Gasteiger partial charge in [-0.1, -0.05) is 6.92 Å². The van der Waals surface area contributed by atoms with Crippen molar-refractivity contribution in [2.75, 3.05) is 13.6 Å². The van der Waals surface area contributed by atoms with Crippen LogP contribution < -0.4 is 5.32 Å². The number of piperidine rings is 1. The summed E-state index contributed by atoms with van der Waals surface area (Å²) in [6.45, 7) is 8.53. The molecular weight excluding hydrogens is 184 g/mol. The largest absolute Gasteiger partial charge is 0.317 e. The highest BCUT2D eigenvalue weighted by atomic mass is 15.2. The average molecular weight is 210 g/mol. The van der Waals surface area contributed by atoms with E-state index in [-0.39, 0.29) is 0 Å². The van der Waals surface area contributed by atoms with E-state index >= 15 is 0 Å². The SMILES string of the molecule is CNC1CCN(C(C)C2CC2)C(C)C1C. The van der Waals surface area contributed by atoms with Crippen molar-refractivity contribution in [2.45, 2.75) is 58.2 Å². The Morgan fingerprint density at radius 1 is 1.20 bits per heavy atom. The molecule has 0 spiro atoms. The van der Waals surface area contributed by atoms with Gasteiger partial charge < -0.3 is 5.32 Å². The summed E-state index contributed by atoms with van der Waals surface area (Å²) in [5.41, 5.74) is 0. The molecule has 1 heterocycles. The van der Waals surface area contributed by atoms with Gasteiger partial charge in [0, 0.05) is 24.7 Å². The Balaban J connectivity index is 1.96. The Hall–Kier alpha value is -0.0800. The summed E-state index contributed by atoms with van der Waals surface area (Å²) in [6.07, 6.45) is 4.25. The van der Waals surface area contributed by atoms with Crippen molar-refractivity contribution in [3.05, 3.63) is 0 Å². The van der Waals surface area contributed by atoms with E-state index in [1.807, 2.05) is 0 Å². The lowest BCUT2D eigenvalue weighted by Crippen LogP contribution is -2.55. The van der Waals surface area contributed by atoms with Crippen LogP contribution >= 0.6 is 0 Å². The first-order valence-electron chi connectivity index (χ1n) is 6.58. The van der Waals surface area contributed by atoms with Gasteiger partial charge in [0.25, 0.3) is 0 Å². The lowest BCUT2D eigenvalue weighted by atomic mass is 9.86. The Bertz CT molecular complexity index is 213. The number of likely N-dealkylation sites (tertiary alicyclic amines) is 1. The molecule has 1 saturated heterocycles. The first-order valence-corrected chi connectivity index (χ1v) is 6.58. The van der Waals surface area contributed by atoms with Crippen molar-refractivity contribution in [1.29, 1.82) is 0 Å². The van der Waals surface area contributed by atoms with Crippen molar-refractivity contribution >= 4 is 0 Å². The molecule has 0 aromatic heterocycles. The van der Waals surface area contributed by atoms with E-state index in [4.69, 9.17) is 0 Å². The minimum atomic E-state index is 0.725. The van der Waals surface area contributed by atoms with E-state index in [2.05, 4.69) is 38.0 Å². The molecule has 2 aliphatic rings. The molecule has 0 radical (unpaired) electrons. The molecule has 15 heavy (non-hydrogen) atoms. The molecule has 4 unspecified atom stereocenters. The van der Waals surface area contributed by atoms with Crippen molar-refractivity contribution in [3.63, 3.8) is 0 Å². The molecular formula is C13H26N2. The highest BCUT2D eigenvalue weighted by molar-refractivity contribution is 4.94. The molecule has 0 aromatic carbocycles. The molecule has 88 valence electrons. The van der Waals surface area contributed by atoms with E-state index in [1.54, 1.807) is 0 Å². The number of hydrogen-bond donors (Lipinski definition) is 1. The molecule has 4 atom stereocenters. The maximum Gasteiger partial charge on any atom is 0.0117 e. The molecule has 1 aliphatic carbocycles. The fourth-order valence-corrected chi connectivity index (χ4v) is 3.22. The number of nitrogens with one attached hydrogen (secondary N) is 1. The van der Waals surface area contributed by atoms with Crippen LogP contribution in [0.3, 0.4) is 0 Å². The monoisotopic (exact) mass is 210 g/mol. The van der Waals surface area contributed by atoms with Crippen molar-refractivity contribution in [2.24, 2.45) is 11.8 Å². The quantitative estimate of drug-likeness (QED) is 0.767. The van der Waals surface area contributed by atoms with Crippen LogP contribution in [0.15, 0.2) is 0 Å². The zero-order valence-corrected chi connectivity index (χ0v) is 10.7. The van der Waals surface area contributed by atoms with E-state index in [1.165, 1.54) is 25.8 Å². The summed E-state index contributed by atoms with van der Waals surface area (Å²) in [5, 5.41) is 3.46. The topological polar surface area (TPSA) is 15.3 Å². The van der Waals surface area contributed by atoms with Gasteiger partial charge in [0.15, 0.2) is 0 Å². The standard InChI is InChI=1S/C13H26N2/c1-9-10(2)15(8-7-13(9)14-4)11(3)12-5-6-12/h9-14H,5-8H2,1-4H3. The summed E-state index contributed by atoms with van der Waals surface area (Å²) >= 11 is 0. The van der Waals surface area contributed by atoms with Crippen LogP contribution in [0.5, 0.6) is 0 Å². The number of hydrogen-bond acceptors (Lipinski definition) is 2. The van der Waals surface area contributed by atoms with Crippen LogP contribution in [-0.4, -0.2) is 36.6 Å². The lowest BCUT2D eigenvalue weighted by molar-refractivity contribution is 0.0469. The first-order chi connectivity index (χ1) is 7.15. The van der Waals surface area contributed by atoms with Crippen LogP contribution in [0.4, 0.5) is 0 Å². The van der Waals surface area contributed by atoms with Gasteiger partial charge in [-0.25, -0.2) is 0 Å². The molecule has 0 aromatic rings. The summed E-state index contributed by atoms with van der Waals surface area (Å²) < 4.78 is 0. The van der Waals surface area contributed by atoms with Gasteiger partial charge in [0.1, 0.15) is 0 Å². The molecule has 2 rings (SSSR count). The normalized spacial score (nSPS) is 40.4. The summed E-state index contributed by atoms with van der Waals surface area (Å²) in [6, 6.07) is 2.29. The van der Waals surface area contributed by atoms with Gasteiger partial charge in [-0.2, -0.15) is 0 Å². The zero-order valence-electron chi connectivity index (χ0n) is 10.7. The molecule has 1 N–H and O–H groups in total. The predicted molar refractivity (Wildman–Crippen MR) is 65.0 cm³/mol. The Morgan fingerprint density at radius 2 is 1.87 bits per heavy atom. The smallest absolute Gasteiger partial charge is 0.0117 e. The van der Waals surface area contributed by atoms with E-state index in [9.17, 15) is 0 Å². The maximum atomic E-state index is 3.46. The number of rotatable bonds is 3. The average Bonchev–Trinajstić information content (AvgIpc) is 3.04. The second-order valence-corrected chi connectivity index (χ2v) is 5.60. The van der Waals surface area contributed by atoms with E-state index < -0.39 is 0 Å². The van der Waals surface area contributed by atoms with Crippen LogP contribution in [-0.2, 0) is 0 Å². The van der Waals surface area contributed by atoms with Crippen molar-refractivity contribution < 1.29 is 0 Å². The first kappa shape index (κ1) is 11.4. The van der Waals surface area contributed by atoms with Gasteiger partial charge in [0.05, 0.1) is 0 Å². The van der Waals surface area contributed by atoms with Crippen molar-refractivity contribution in [1.82, 2.24) is 10.2 Å². The molecule has 1 saturated carbocycles. The minimum Gasteiger partial charge on any atom is -0.317 e. The summed E-state index contributed by atoms with van der Waals surface area (Å²) in [7, 11) is 2.11. The molecule has 0 amide bonds. The summed E-state index contributed by atoms with van der Waals surface area (Å²) in [5.74, 6) is 1.79. The third-order valence-electron chi connectivity index (χ3n) is 4.82. The van der Waals surface area contributed by atoms with Gasteiger partial charge in [-0.05, 0) is 52.0 Å². The molecule has 1 aliphatic heterocycles. The molecule has 2 fully saturated rings. The third-order valence-corrected chi connectivity index (χ3v) is 4.82. The Morgan fingerprint density at radius 3 is 2.40 bits per heavy atom. The van der Waals surface area contributed by atoms with Gasteiger partial charge in [-0.15, -0.1) is 0 Å². The Labute approximate surface area is 94.4 Å². The minimum absolute atomic E-state index is 0.725. The fourth-order valence-electron chi connectivity index (χ4n) is 3.22. The van der Waals surface area contributed by atoms with Crippen LogP contribution in [0, 0.1) is 11.8 Å².